The molecule has 1 aliphatic rings. The Kier molecular flexibility index (Phi) is 4.14. The third kappa shape index (κ3) is 3.53. The van der Waals surface area contributed by atoms with Crippen LogP contribution >= 0.6 is 0 Å². The van der Waals surface area contributed by atoms with Gasteiger partial charge in [-0.05, 0) is 44.2 Å². The van der Waals surface area contributed by atoms with Gasteiger partial charge in [-0.25, -0.2) is 0 Å². The molecule has 0 spiro atoms. The molecular weight excluding hydrogens is 244 g/mol. The maximum atomic E-state index is 12.1. The minimum atomic E-state index is -0.748. The number of nitrogens with one attached hydrogen (secondary N) is 1. The Hall–Kier alpha value is -1.91. The van der Waals surface area contributed by atoms with Gasteiger partial charge in [0.2, 0.25) is 5.91 Å². The van der Waals surface area contributed by atoms with Gasteiger partial charge in [0.05, 0.1) is 17.8 Å². The fraction of sp³-hybridized carbons (Fsp3) is 0.500. The SMILES string of the molecule is Cc1cncc(NC(=O)C2CCC(C(=O)O)CC2)c1. The second kappa shape index (κ2) is 5.82. The highest BCUT2D eigenvalue weighted by atomic mass is 16.4. The molecule has 1 amide bonds. The second-order valence-electron chi connectivity index (χ2n) is 5.13. The Morgan fingerprint density at radius 2 is 1.84 bits per heavy atom. The zero-order valence-corrected chi connectivity index (χ0v) is 10.9. The van der Waals surface area contributed by atoms with Gasteiger partial charge in [0.15, 0.2) is 0 Å². The first-order chi connectivity index (χ1) is 9.06. The quantitative estimate of drug-likeness (QED) is 0.875. The lowest BCUT2D eigenvalue weighted by molar-refractivity contribution is -0.143. The molecule has 1 aromatic heterocycles. The summed E-state index contributed by atoms with van der Waals surface area (Å²) in [7, 11) is 0. The highest BCUT2D eigenvalue weighted by Crippen LogP contribution is 2.29. The fourth-order valence-corrected chi connectivity index (χ4v) is 2.47. The molecule has 1 heterocycles. The topological polar surface area (TPSA) is 79.3 Å². The Balaban J connectivity index is 1.90. The van der Waals surface area contributed by atoms with Crippen molar-refractivity contribution in [1.82, 2.24) is 4.98 Å². The normalized spacial score (nSPS) is 22.8. The van der Waals surface area contributed by atoms with Gasteiger partial charge in [-0.15, -0.1) is 0 Å². The molecular formula is C14H18N2O3. The summed E-state index contributed by atoms with van der Waals surface area (Å²) in [6, 6.07) is 1.87. The molecule has 2 rings (SSSR count). The first kappa shape index (κ1) is 13.5. The molecule has 0 saturated heterocycles. The molecule has 1 aliphatic carbocycles. The molecule has 19 heavy (non-hydrogen) atoms. The number of aliphatic carboxylic acids is 1. The maximum absolute atomic E-state index is 12.1. The highest BCUT2D eigenvalue weighted by Gasteiger charge is 2.29. The molecule has 0 unspecified atom stereocenters. The van der Waals surface area contributed by atoms with Crippen molar-refractivity contribution in [3.63, 3.8) is 0 Å². The van der Waals surface area contributed by atoms with E-state index in [1.165, 1.54) is 0 Å². The van der Waals surface area contributed by atoms with Crippen LogP contribution in [0.2, 0.25) is 0 Å². The van der Waals surface area contributed by atoms with Gasteiger partial charge in [-0.1, -0.05) is 0 Å². The van der Waals surface area contributed by atoms with Crippen LogP contribution in [0.3, 0.4) is 0 Å². The zero-order valence-electron chi connectivity index (χ0n) is 10.9. The fourth-order valence-electron chi connectivity index (χ4n) is 2.47. The van der Waals surface area contributed by atoms with E-state index in [1.54, 1.807) is 12.4 Å². The molecule has 0 atom stereocenters. The molecule has 0 bridgehead atoms. The number of carbonyl (C=O) groups excluding carboxylic acids is 1. The molecule has 0 radical (unpaired) electrons. The van der Waals surface area contributed by atoms with Crippen molar-refractivity contribution in [1.29, 1.82) is 0 Å². The van der Waals surface area contributed by atoms with Crippen molar-refractivity contribution in [2.45, 2.75) is 32.6 Å². The predicted molar refractivity (Wildman–Crippen MR) is 70.7 cm³/mol. The largest absolute Gasteiger partial charge is 0.481 e. The van der Waals surface area contributed by atoms with Crippen LogP contribution in [0.4, 0.5) is 5.69 Å². The van der Waals surface area contributed by atoms with Crippen LogP contribution in [0.1, 0.15) is 31.2 Å². The number of anilines is 1. The van der Waals surface area contributed by atoms with E-state index in [2.05, 4.69) is 10.3 Å². The molecule has 5 heteroatoms. The van der Waals surface area contributed by atoms with E-state index >= 15 is 0 Å². The van der Waals surface area contributed by atoms with Gasteiger partial charge in [0, 0.05) is 12.1 Å². The molecule has 1 saturated carbocycles. The molecule has 0 aromatic carbocycles. The zero-order chi connectivity index (χ0) is 13.8. The summed E-state index contributed by atoms with van der Waals surface area (Å²) in [6.07, 6.45) is 5.80. The lowest BCUT2D eigenvalue weighted by Gasteiger charge is -2.25. The highest BCUT2D eigenvalue weighted by molar-refractivity contribution is 5.92. The van der Waals surface area contributed by atoms with Crippen LogP contribution in [0.15, 0.2) is 18.5 Å². The number of rotatable bonds is 3. The average Bonchev–Trinajstić information content (AvgIpc) is 2.39. The van der Waals surface area contributed by atoms with Crippen LogP contribution in [0, 0.1) is 18.8 Å². The van der Waals surface area contributed by atoms with Gasteiger partial charge in [0.25, 0.3) is 0 Å². The Morgan fingerprint density at radius 1 is 1.21 bits per heavy atom. The Morgan fingerprint density at radius 3 is 2.42 bits per heavy atom. The maximum Gasteiger partial charge on any atom is 0.306 e. The van der Waals surface area contributed by atoms with Crippen molar-refractivity contribution >= 4 is 17.6 Å². The summed E-state index contributed by atoms with van der Waals surface area (Å²) in [5.41, 5.74) is 1.69. The number of carboxylic acid groups (broad SMARTS) is 1. The van der Waals surface area contributed by atoms with Crippen molar-refractivity contribution in [2.75, 3.05) is 5.32 Å². The van der Waals surface area contributed by atoms with Crippen LogP contribution in [0.25, 0.3) is 0 Å². The third-order valence-corrected chi connectivity index (χ3v) is 3.59. The first-order valence-corrected chi connectivity index (χ1v) is 6.51. The van der Waals surface area contributed by atoms with E-state index in [4.69, 9.17) is 5.11 Å². The third-order valence-electron chi connectivity index (χ3n) is 3.59. The van der Waals surface area contributed by atoms with E-state index in [0.29, 0.717) is 31.4 Å². The van der Waals surface area contributed by atoms with E-state index in [1.807, 2.05) is 13.0 Å². The van der Waals surface area contributed by atoms with Gasteiger partial charge in [-0.2, -0.15) is 0 Å². The number of carbonyl (C=O) groups is 2. The second-order valence-corrected chi connectivity index (χ2v) is 5.13. The molecule has 0 aliphatic heterocycles. The lowest BCUT2D eigenvalue weighted by atomic mass is 9.81. The van der Waals surface area contributed by atoms with E-state index < -0.39 is 5.97 Å². The molecule has 5 nitrogen and oxygen atoms in total. The van der Waals surface area contributed by atoms with Crippen LogP contribution in [-0.4, -0.2) is 22.0 Å². The van der Waals surface area contributed by atoms with Crippen molar-refractivity contribution in [3.8, 4) is 0 Å². The van der Waals surface area contributed by atoms with Gasteiger partial charge >= 0.3 is 5.97 Å². The average molecular weight is 262 g/mol. The molecule has 1 fully saturated rings. The van der Waals surface area contributed by atoms with E-state index in [0.717, 1.165) is 5.56 Å². The van der Waals surface area contributed by atoms with Crippen molar-refractivity contribution in [2.24, 2.45) is 11.8 Å². The minimum absolute atomic E-state index is 0.0313. The molecule has 102 valence electrons. The summed E-state index contributed by atoms with van der Waals surface area (Å²) in [6.45, 7) is 1.92. The number of nitrogens with zero attached hydrogens (tertiary/aromatic N) is 1. The van der Waals surface area contributed by atoms with E-state index in [9.17, 15) is 9.59 Å². The smallest absolute Gasteiger partial charge is 0.306 e. The number of amides is 1. The van der Waals surface area contributed by atoms with E-state index in [-0.39, 0.29) is 17.7 Å². The van der Waals surface area contributed by atoms with Gasteiger partial charge in [0.1, 0.15) is 0 Å². The Bertz CT molecular complexity index is 479. The molecule has 1 aromatic rings. The van der Waals surface area contributed by atoms with Crippen LogP contribution in [0.5, 0.6) is 0 Å². The van der Waals surface area contributed by atoms with Crippen molar-refractivity contribution in [3.05, 3.63) is 24.0 Å². The summed E-state index contributed by atoms with van der Waals surface area (Å²) in [4.78, 5) is 26.9. The number of pyridine rings is 1. The molecule has 2 N–H and O–H groups in total. The number of aromatic nitrogens is 1. The summed E-state index contributed by atoms with van der Waals surface area (Å²) in [5.74, 6) is -1.15. The lowest BCUT2D eigenvalue weighted by Crippen LogP contribution is -2.29. The van der Waals surface area contributed by atoms with Gasteiger partial charge in [-0.3, -0.25) is 14.6 Å². The number of carboxylic acids is 1. The monoisotopic (exact) mass is 262 g/mol. The van der Waals surface area contributed by atoms with Gasteiger partial charge < -0.3 is 10.4 Å². The first-order valence-electron chi connectivity index (χ1n) is 6.51. The van der Waals surface area contributed by atoms with Crippen LogP contribution < -0.4 is 5.32 Å². The standard InChI is InChI=1S/C14H18N2O3/c1-9-6-12(8-15-7-9)16-13(17)10-2-4-11(5-3-10)14(18)19/h6-8,10-11H,2-5H2,1H3,(H,16,17)(H,18,19). The summed E-state index contributed by atoms with van der Waals surface area (Å²) in [5, 5.41) is 11.8. The number of aryl methyl sites for hydroxylation is 1. The summed E-state index contributed by atoms with van der Waals surface area (Å²) >= 11 is 0. The predicted octanol–water partition coefficient (Wildman–Crippen LogP) is 2.22. The minimum Gasteiger partial charge on any atom is -0.481 e. The van der Waals surface area contributed by atoms with Crippen molar-refractivity contribution < 1.29 is 14.7 Å². The summed E-state index contributed by atoms with van der Waals surface area (Å²) < 4.78 is 0. The number of hydrogen-bond donors (Lipinski definition) is 2. The number of hydrogen-bond acceptors (Lipinski definition) is 3. The van der Waals surface area contributed by atoms with Crippen LogP contribution in [-0.2, 0) is 9.59 Å². The Labute approximate surface area is 112 Å².